The Kier molecular flexibility index (Phi) is 2.93. The van der Waals surface area contributed by atoms with Crippen LogP contribution < -0.4 is 10.5 Å². The van der Waals surface area contributed by atoms with E-state index in [4.69, 9.17) is 5.73 Å². The minimum atomic E-state index is -4.71. The van der Waals surface area contributed by atoms with Crippen LogP contribution in [0.25, 0.3) is 17.0 Å². The molecular weight excluding hydrogens is 285 g/mol. The highest BCUT2D eigenvalue weighted by molar-refractivity contribution is 5.61. The van der Waals surface area contributed by atoms with Crippen molar-refractivity contribution in [1.29, 1.82) is 0 Å². The number of hydrogen-bond donors (Lipinski definition) is 1. The summed E-state index contributed by atoms with van der Waals surface area (Å²) in [5.74, 6) is 0.190. The van der Waals surface area contributed by atoms with Gasteiger partial charge < -0.3 is 10.5 Å². The molecule has 0 saturated carbocycles. The summed E-state index contributed by atoms with van der Waals surface area (Å²) in [4.78, 5) is 0. The average Bonchev–Trinajstić information content (AvgIpc) is 2.81. The quantitative estimate of drug-likeness (QED) is 0.789. The van der Waals surface area contributed by atoms with Crippen molar-refractivity contribution in [2.45, 2.75) is 6.36 Å². The van der Waals surface area contributed by atoms with Gasteiger partial charge in [0.15, 0.2) is 11.5 Å². The maximum atomic E-state index is 12.1. The lowest BCUT2D eigenvalue weighted by Crippen LogP contribution is -2.16. The Morgan fingerprint density at radius 3 is 2.38 bits per heavy atom. The standard InChI is InChI=1S/C13H9F3N4O/c14-13(15,16)21-10-4-1-8(2-5-10)12-19-18-11-6-3-9(17)7-20(11)12/h1-7H,17H2. The van der Waals surface area contributed by atoms with Gasteiger partial charge in [0.05, 0.1) is 0 Å². The molecule has 5 nitrogen and oxygen atoms in total. The van der Waals surface area contributed by atoms with Crippen molar-refractivity contribution >= 4 is 11.3 Å². The molecule has 0 spiro atoms. The van der Waals surface area contributed by atoms with Crippen molar-refractivity contribution in [3.63, 3.8) is 0 Å². The van der Waals surface area contributed by atoms with Crippen LogP contribution in [0.1, 0.15) is 0 Å². The molecule has 3 aromatic rings. The normalized spacial score (nSPS) is 11.8. The van der Waals surface area contributed by atoms with E-state index < -0.39 is 6.36 Å². The van der Waals surface area contributed by atoms with Crippen molar-refractivity contribution in [1.82, 2.24) is 14.6 Å². The number of halogens is 3. The van der Waals surface area contributed by atoms with Gasteiger partial charge in [0, 0.05) is 17.4 Å². The summed E-state index contributed by atoms with van der Waals surface area (Å²) in [5.41, 5.74) is 7.42. The van der Waals surface area contributed by atoms with E-state index in [2.05, 4.69) is 14.9 Å². The van der Waals surface area contributed by atoms with Crippen molar-refractivity contribution in [2.75, 3.05) is 5.73 Å². The van der Waals surface area contributed by atoms with E-state index in [-0.39, 0.29) is 5.75 Å². The number of nitrogens with zero attached hydrogens (tertiary/aromatic N) is 3. The Balaban J connectivity index is 1.97. The fraction of sp³-hybridized carbons (Fsp3) is 0.0769. The number of anilines is 1. The van der Waals surface area contributed by atoms with E-state index in [1.54, 1.807) is 22.7 Å². The van der Waals surface area contributed by atoms with Gasteiger partial charge in [0.1, 0.15) is 5.75 Å². The molecule has 0 atom stereocenters. The molecule has 8 heteroatoms. The number of benzene rings is 1. The van der Waals surface area contributed by atoms with E-state index in [9.17, 15) is 13.2 Å². The highest BCUT2D eigenvalue weighted by atomic mass is 19.4. The predicted molar refractivity (Wildman–Crippen MR) is 69.5 cm³/mol. The number of alkyl halides is 3. The second kappa shape index (κ2) is 4.65. The van der Waals surface area contributed by atoms with Crippen LogP contribution in [-0.4, -0.2) is 21.0 Å². The van der Waals surface area contributed by atoms with Gasteiger partial charge in [-0.25, -0.2) is 0 Å². The Hall–Kier alpha value is -2.77. The zero-order valence-corrected chi connectivity index (χ0v) is 10.5. The number of ether oxygens (including phenoxy) is 1. The first-order chi connectivity index (χ1) is 9.92. The fourth-order valence-corrected chi connectivity index (χ4v) is 1.91. The number of nitrogens with two attached hydrogens (primary N) is 1. The number of hydrogen-bond acceptors (Lipinski definition) is 4. The van der Waals surface area contributed by atoms with Gasteiger partial charge in [-0.1, -0.05) is 0 Å². The largest absolute Gasteiger partial charge is 0.573 e. The second-order valence-electron chi connectivity index (χ2n) is 4.29. The Morgan fingerprint density at radius 1 is 1.00 bits per heavy atom. The second-order valence-corrected chi connectivity index (χ2v) is 4.29. The molecule has 108 valence electrons. The molecule has 1 aromatic carbocycles. The maximum absolute atomic E-state index is 12.1. The van der Waals surface area contributed by atoms with Crippen molar-refractivity contribution in [2.24, 2.45) is 0 Å². The van der Waals surface area contributed by atoms with Gasteiger partial charge >= 0.3 is 6.36 Å². The maximum Gasteiger partial charge on any atom is 0.573 e. The Morgan fingerprint density at radius 2 is 1.71 bits per heavy atom. The topological polar surface area (TPSA) is 65.4 Å². The lowest BCUT2D eigenvalue weighted by Gasteiger charge is -2.08. The van der Waals surface area contributed by atoms with E-state index in [0.29, 0.717) is 22.7 Å². The molecule has 0 unspecified atom stereocenters. The van der Waals surface area contributed by atoms with Crippen molar-refractivity contribution in [3.05, 3.63) is 42.6 Å². The summed E-state index contributed by atoms with van der Waals surface area (Å²) in [6, 6.07) is 8.77. The molecule has 0 amide bonds. The average molecular weight is 294 g/mol. The molecule has 2 N–H and O–H groups in total. The van der Waals surface area contributed by atoms with Gasteiger partial charge in [0.2, 0.25) is 0 Å². The van der Waals surface area contributed by atoms with Gasteiger partial charge in [-0.3, -0.25) is 4.40 Å². The molecule has 3 rings (SSSR count). The van der Waals surface area contributed by atoms with Crippen LogP contribution in [0.4, 0.5) is 18.9 Å². The highest BCUT2D eigenvalue weighted by Crippen LogP contribution is 2.26. The van der Waals surface area contributed by atoms with Crippen LogP contribution in [0.5, 0.6) is 5.75 Å². The molecule has 0 aliphatic carbocycles. The summed E-state index contributed by atoms with van der Waals surface area (Å²) >= 11 is 0. The summed E-state index contributed by atoms with van der Waals surface area (Å²) in [6.07, 6.45) is -3.07. The van der Waals surface area contributed by atoms with E-state index in [0.717, 1.165) is 0 Å². The molecule has 0 aliphatic heterocycles. The zero-order valence-electron chi connectivity index (χ0n) is 10.5. The summed E-state index contributed by atoms with van der Waals surface area (Å²) in [5, 5.41) is 7.97. The molecule has 0 fully saturated rings. The number of fused-ring (bicyclic) bond motifs is 1. The minimum absolute atomic E-state index is 0.292. The predicted octanol–water partition coefficient (Wildman–Crippen LogP) is 2.88. The third-order valence-electron chi connectivity index (χ3n) is 2.77. The third-order valence-corrected chi connectivity index (χ3v) is 2.77. The van der Waals surface area contributed by atoms with Gasteiger partial charge in [-0.15, -0.1) is 23.4 Å². The monoisotopic (exact) mass is 294 g/mol. The van der Waals surface area contributed by atoms with Gasteiger partial charge in [0.25, 0.3) is 0 Å². The lowest BCUT2D eigenvalue weighted by molar-refractivity contribution is -0.274. The third kappa shape index (κ3) is 2.73. The van der Waals surface area contributed by atoms with Gasteiger partial charge in [-0.05, 0) is 36.4 Å². The van der Waals surface area contributed by atoms with Crippen LogP contribution in [0, 0.1) is 0 Å². The first-order valence-electron chi connectivity index (χ1n) is 5.89. The SMILES string of the molecule is Nc1ccc2nnc(-c3ccc(OC(F)(F)F)cc3)n2c1. The van der Waals surface area contributed by atoms with Crippen molar-refractivity contribution in [3.8, 4) is 17.1 Å². The Bertz CT molecular complexity index is 780. The number of aromatic nitrogens is 3. The zero-order chi connectivity index (χ0) is 15.0. The highest BCUT2D eigenvalue weighted by Gasteiger charge is 2.31. The molecule has 21 heavy (non-hydrogen) atoms. The van der Waals surface area contributed by atoms with Crippen LogP contribution >= 0.6 is 0 Å². The van der Waals surface area contributed by atoms with Crippen LogP contribution in [0.2, 0.25) is 0 Å². The van der Waals surface area contributed by atoms with Crippen LogP contribution in [0.3, 0.4) is 0 Å². The first kappa shape index (κ1) is 13.2. The molecule has 2 heterocycles. The fourth-order valence-electron chi connectivity index (χ4n) is 1.91. The summed E-state index contributed by atoms with van der Waals surface area (Å²) in [6.45, 7) is 0. The smallest absolute Gasteiger partial charge is 0.406 e. The molecule has 2 aromatic heterocycles. The Labute approximate surface area is 116 Å². The summed E-state index contributed by atoms with van der Waals surface area (Å²) < 4.78 is 41.8. The molecule has 0 bridgehead atoms. The molecule has 0 saturated heterocycles. The van der Waals surface area contributed by atoms with E-state index in [1.165, 1.54) is 24.3 Å². The molecule has 0 radical (unpaired) electrons. The van der Waals surface area contributed by atoms with E-state index >= 15 is 0 Å². The van der Waals surface area contributed by atoms with Crippen LogP contribution in [0.15, 0.2) is 42.6 Å². The number of rotatable bonds is 2. The van der Waals surface area contributed by atoms with Gasteiger partial charge in [-0.2, -0.15) is 0 Å². The lowest BCUT2D eigenvalue weighted by atomic mass is 10.2. The number of pyridine rings is 1. The minimum Gasteiger partial charge on any atom is -0.406 e. The van der Waals surface area contributed by atoms with E-state index in [1.807, 2.05) is 0 Å². The molecule has 0 aliphatic rings. The van der Waals surface area contributed by atoms with Crippen LogP contribution in [-0.2, 0) is 0 Å². The first-order valence-corrected chi connectivity index (χ1v) is 5.89. The van der Waals surface area contributed by atoms with Crippen molar-refractivity contribution < 1.29 is 17.9 Å². The molecular formula is C13H9F3N4O. The summed E-state index contributed by atoms with van der Waals surface area (Å²) in [7, 11) is 0. The number of nitrogen functional groups attached to an aromatic ring is 1.